The third kappa shape index (κ3) is 4.98. The Morgan fingerprint density at radius 1 is 1.35 bits per heavy atom. The standard InChI is InChI=1S/C20H21ClN4O3S3/c1-24-10-8-22-20(24)30-17-7-6-15(21)12-16(17)23-19(26)14-4-2-9-25(13-14)31(27,28)18-5-3-11-29-18/h3,5-8,10-12,14H,2,4,9,13H2,1H3,(H,23,26). The maximum Gasteiger partial charge on any atom is 0.252 e. The first-order valence-corrected chi connectivity index (χ1v) is 13.2. The van der Waals surface area contributed by atoms with Gasteiger partial charge >= 0.3 is 0 Å². The molecule has 0 bridgehead atoms. The number of rotatable bonds is 6. The van der Waals surface area contributed by atoms with Crippen molar-refractivity contribution in [2.45, 2.75) is 27.1 Å². The van der Waals surface area contributed by atoms with E-state index in [-0.39, 0.29) is 12.5 Å². The zero-order valence-electron chi connectivity index (χ0n) is 16.7. The highest BCUT2D eigenvalue weighted by Crippen LogP contribution is 2.35. The van der Waals surface area contributed by atoms with Crippen LogP contribution in [-0.4, -0.2) is 41.3 Å². The number of amides is 1. The van der Waals surface area contributed by atoms with Gasteiger partial charge in [0.15, 0.2) is 5.16 Å². The number of anilines is 1. The third-order valence-electron chi connectivity index (χ3n) is 5.02. The van der Waals surface area contributed by atoms with Crippen LogP contribution in [0, 0.1) is 5.92 Å². The number of carbonyl (C=O) groups is 1. The highest BCUT2D eigenvalue weighted by molar-refractivity contribution is 7.99. The van der Waals surface area contributed by atoms with Crippen LogP contribution in [0.15, 0.2) is 62.4 Å². The fourth-order valence-corrected chi connectivity index (χ4v) is 7.10. The molecule has 164 valence electrons. The van der Waals surface area contributed by atoms with Crippen molar-refractivity contribution < 1.29 is 13.2 Å². The molecule has 1 saturated heterocycles. The molecule has 3 aromatic rings. The Balaban J connectivity index is 1.50. The summed E-state index contributed by atoms with van der Waals surface area (Å²) in [5, 5.41) is 5.98. The minimum atomic E-state index is -3.58. The second kappa shape index (κ2) is 9.33. The number of aromatic nitrogens is 2. The minimum Gasteiger partial charge on any atom is -0.329 e. The smallest absolute Gasteiger partial charge is 0.252 e. The summed E-state index contributed by atoms with van der Waals surface area (Å²) in [6.45, 7) is 0.579. The zero-order valence-corrected chi connectivity index (χ0v) is 19.9. The van der Waals surface area contributed by atoms with E-state index in [1.165, 1.54) is 27.4 Å². The molecule has 0 aliphatic carbocycles. The number of hydrogen-bond acceptors (Lipinski definition) is 6. The molecule has 31 heavy (non-hydrogen) atoms. The van der Waals surface area contributed by atoms with E-state index in [4.69, 9.17) is 11.6 Å². The summed E-state index contributed by atoms with van der Waals surface area (Å²) in [6, 6.07) is 8.61. The van der Waals surface area contributed by atoms with Crippen LogP contribution in [0.1, 0.15) is 12.8 Å². The van der Waals surface area contributed by atoms with Crippen molar-refractivity contribution >= 4 is 56.3 Å². The Hall–Kier alpha value is -1.85. The molecule has 3 heterocycles. The van der Waals surface area contributed by atoms with E-state index in [9.17, 15) is 13.2 Å². The first-order chi connectivity index (χ1) is 14.8. The van der Waals surface area contributed by atoms with Crippen LogP contribution in [0.3, 0.4) is 0 Å². The summed E-state index contributed by atoms with van der Waals surface area (Å²) in [5.74, 6) is -0.650. The molecule has 1 fully saturated rings. The van der Waals surface area contributed by atoms with E-state index >= 15 is 0 Å². The number of carbonyl (C=O) groups excluding carboxylic acids is 1. The number of halogens is 1. The van der Waals surface area contributed by atoms with Gasteiger partial charge in [0.05, 0.1) is 11.6 Å². The lowest BCUT2D eigenvalue weighted by Crippen LogP contribution is -2.43. The number of thiophene rings is 1. The highest BCUT2D eigenvalue weighted by Gasteiger charge is 2.34. The molecule has 1 amide bonds. The van der Waals surface area contributed by atoms with Crippen LogP contribution in [0.5, 0.6) is 0 Å². The van der Waals surface area contributed by atoms with Crippen LogP contribution in [0.2, 0.25) is 5.02 Å². The Morgan fingerprint density at radius 2 is 2.19 bits per heavy atom. The first kappa shape index (κ1) is 22.3. The summed E-state index contributed by atoms with van der Waals surface area (Å²) >= 11 is 8.78. The van der Waals surface area contributed by atoms with Gasteiger partial charge in [-0.2, -0.15) is 4.31 Å². The third-order valence-corrected chi connectivity index (χ3v) is 9.65. The molecule has 1 N–H and O–H groups in total. The van der Waals surface area contributed by atoms with Crippen LogP contribution in [0.4, 0.5) is 5.69 Å². The number of piperidine rings is 1. The molecular weight excluding hydrogens is 476 g/mol. The minimum absolute atomic E-state index is 0.161. The molecule has 0 radical (unpaired) electrons. The summed E-state index contributed by atoms with van der Waals surface area (Å²) in [4.78, 5) is 18.2. The van der Waals surface area contributed by atoms with Crippen LogP contribution in [-0.2, 0) is 21.9 Å². The lowest BCUT2D eigenvalue weighted by molar-refractivity contribution is -0.120. The van der Waals surface area contributed by atoms with E-state index in [1.54, 1.807) is 35.8 Å². The number of benzene rings is 1. The Morgan fingerprint density at radius 3 is 2.90 bits per heavy atom. The summed E-state index contributed by atoms with van der Waals surface area (Å²) < 4.78 is 29.3. The average molecular weight is 497 g/mol. The molecule has 2 aromatic heterocycles. The highest BCUT2D eigenvalue weighted by atomic mass is 35.5. The summed E-state index contributed by atoms with van der Waals surface area (Å²) in [7, 11) is -1.68. The molecule has 0 saturated carbocycles. The maximum absolute atomic E-state index is 13.1. The predicted molar refractivity (Wildman–Crippen MR) is 123 cm³/mol. The van der Waals surface area contributed by atoms with Gasteiger partial charge < -0.3 is 9.88 Å². The van der Waals surface area contributed by atoms with Gasteiger partial charge in [-0.1, -0.05) is 17.7 Å². The number of nitrogens with one attached hydrogen (secondary N) is 1. The van der Waals surface area contributed by atoms with Gasteiger partial charge in [0.2, 0.25) is 5.91 Å². The van der Waals surface area contributed by atoms with Gasteiger partial charge in [0.25, 0.3) is 10.0 Å². The SMILES string of the molecule is Cn1ccnc1Sc1ccc(Cl)cc1NC(=O)C1CCCN(S(=O)(=O)c2cccs2)C1. The molecular formula is C20H21ClN4O3S3. The van der Waals surface area contributed by atoms with Crippen molar-refractivity contribution in [3.05, 3.63) is 53.1 Å². The van der Waals surface area contributed by atoms with Gasteiger partial charge in [0.1, 0.15) is 4.21 Å². The Labute approximate surface area is 194 Å². The first-order valence-electron chi connectivity index (χ1n) is 9.64. The van der Waals surface area contributed by atoms with Crippen molar-refractivity contribution in [1.82, 2.24) is 13.9 Å². The molecule has 4 rings (SSSR count). The number of aryl methyl sites for hydroxylation is 1. The number of hydrogen-bond donors (Lipinski definition) is 1. The molecule has 7 nitrogen and oxygen atoms in total. The molecule has 0 spiro atoms. The second-order valence-electron chi connectivity index (χ2n) is 7.19. The van der Waals surface area contributed by atoms with Gasteiger partial charge in [0, 0.05) is 42.4 Å². The van der Waals surface area contributed by atoms with E-state index in [0.29, 0.717) is 34.3 Å². The molecule has 1 aliphatic heterocycles. The molecule has 1 aliphatic rings. The second-order valence-corrected chi connectivity index (χ2v) is 11.7. The van der Waals surface area contributed by atoms with E-state index < -0.39 is 15.9 Å². The zero-order chi connectivity index (χ0) is 22.0. The van der Waals surface area contributed by atoms with E-state index in [0.717, 1.165) is 10.1 Å². The van der Waals surface area contributed by atoms with Gasteiger partial charge in [-0.15, -0.1) is 11.3 Å². The molecule has 11 heteroatoms. The van der Waals surface area contributed by atoms with Crippen molar-refractivity contribution in [3.8, 4) is 0 Å². The van der Waals surface area contributed by atoms with Crippen LogP contribution < -0.4 is 5.32 Å². The van der Waals surface area contributed by atoms with Gasteiger partial charge in [-0.05, 0) is 54.2 Å². The van der Waals surface area contributed by atoms with Crippen molar-refractivity contribution in [2.75, 3.05) is 18.4 Å². The van der Waals surface area contributed by atoms with Gasteiger partial charge in [-0.3, -0.25) is 4.79 Å². The van der Waals surface area contributed by atoms with E-state index in [1.807, 2.05) is 23.9 Å². The summed E-state index contributed by atoms with van der Waals surface area (Å²) in [6.07, 6.45) is 4.82. The average Bonchev–Trinajstić information content (AvgIpc) is 3.43. The van der Waals surface area contributed by atoms with Crippen molar-refractivity contribution in [2.24, 2.45) is 13.0 Å². The van der Waals surface area contributed by atoms with Crippen molar-refractivity contribution in [3.63, 3.8) is 0 Å². The van der Waals surface area contributed by atoms with Gasteiger partial charge in [-0.25, -0.2) is 13.4 Å². The number of nitrogens with zero attached hydrogens (tertiary/aromatic N) is 3. The Bertz CT molecular complexity index is 1180. The van der Waals surface area contributed by atoms with Crippen LogP contribution >= 0.6 is 34.7 Å². The molecule has 1 unspecified atom stereocenters. The fraction of sp³-hybridized carbons (Fsp3) is 0.300. The molecule has 1 aromatic carbocycles. The quantitative estimate of drug-likeness (QED) is 0.549. The topological polar surface area (TPSA) is 84.3 Å². The number of imidazole rings is 1. The number of sulfonamides is 1. The largest absolute Gasteiger partial charge is 0.329 e. The van der Waals surface area contributed by atoms with E-state index in [2.05, 4.69) is 10.3 Å². The maximum atomic E-state index is 13.1. The normalized spacial score (nSPS) is 17.5. The lowest BCUT2D eigenvalue weighted by atomic mass is 9.99. The monoisotopic (exact) mass is 496 g/mol. The van der Waals surface area contributed by atoms with Crippen LogP contribution in [0.25, 0.3) is 0 Å². The Kier molecular flexibility index (Phi) is 6.73. The van der Waals surface area contributed by atoms with Crippen molar-refractivity contribution in [1.29, 1.82) is 0 Å². The molecule has 1 atom stereocenters. The lowest BCUT2D eigenvalue weighted by Gasteiger charge is -2.31. The predicted octanol–water partition coefficient (Wildman–Crippen LogP) is 4.33. The fourth-order valence-electron chi connectivity index (χ4n) is 3.38. The summed E-state index contributed by atoms with van der Waals surface area (Å²) in [5.41, 5.74) is 0.587.